The number of nitriles is 1. The number of ether oxygens (including phenoxy) is 1. The Labute approximate surface area is 115 Å². The van der Waals surface area contributed by atoms with E-state index in [1.54, 1.807) is 7.11 Å². The third kappa shape index (κ3) is 3.09. The zero-order chi connectivity index (χ0) is 13.7. The van der Waals surface area contributed by atoms with Gasteiger partial charge in [0.25, 0.3) is 0 Å². The Bertz CT molecular complexity index is 356. The summed E-state index contributed by atoms with van der Waals surface area (Å²) in [6, 6.07) is 2.34. The molecular formula is C15H24N2O2. The lowest BCUT2D eigenvalue weighted by Crippen LogP contribution is -2.49. The topological polar surface area (TPSA) is 62.1 Å². The molecule has 4 heteroatoms. The number of nitrogens with one attached hydrogen (secondary N) is 1. The lowest BCUT2D eigenvalue weighted by atomic mass is 9.86. The summed E-state index contributed by atoms with van der Waals surface area (Å²) >= 11 is 0. The summed E-state index contributed by atoms with van der Waals surface area (Å²) in [5.41, 5.74) is -0.773. The van der Waals surface area contributed by atoms with E-state index in [0.29, 0.717) is 12.8 Å². The van der Waals surface area contributed by atoms with Crippen LogP contribution in [-0.4, -0.2) is 25.2 Å². The van der Waals surface area contributed by atoms with Gasteiger partial charge in [0.15, 0.2) is 0 Å². The van der Waals surface area contributed by atoms with E-state index in [2.05, 4.69) is 11.4 Å². The van der Waals surface area contributed by atoms with Gasteiger partial charge in [0, 0.05) is 7.11 Å². The normalized spacial score (nSPS) is 30.3. The Kier molecular flexibility index (Phi) is 4.81. The molecule has 2 rings (SSSR count). The monoisotopic (exact) mass is 264 g/mol. The van der Waals surface area contributed by atoms with Crippen LogP contribution in [-0.2, 0) is 9.53 Å². The standard InChI is InChI=1S/C15H24N2O2/c1-19-13-8-4-2-3-7-12(13)17-14(18)15(11-16)9-5-6-10-15/h12-13H,2-10H2,1H3,(H,17,18)/t12-,13-/m0/s1. The molecule has 4 nitrogen and oxygen atoms in total. The number of carbonyl (C=O) groups is 1. The number of nitrogens with zero attached hydrogens (tertiary/aromatic N) is 1. The molecule has 0 aromatic carbocycles. The van der Waals surface area contributed by atoms with E-state index < -0.39 is 5.41 Å². The highest BCUT2D eigenvalue weighted by molar-refractivity contribution is 5.86. The van der Waals surface area contributed by atoms with E-state index in [0.717, 1.165) is 38.5 Å². The second kappa shape index (κ2) is 6.38. The summed E-state index contributed by atoms with van der Waals surface area (Å²) in [7, 11) is 1.71. The number of hydrogen-bond donors (Lipinski definition) is 1. The number of rotatable bonds is 3. The maximum absolute atomic E-state index is 12.5. The minimum Gasteiger partial charge on any atom is -0.379 e. The molecule has 2 fully saturated rings. The van der Waals surface area contributed by atoms with Gasteiger partial charge in [-0.15, -0.1) is 0 Å². The van der Waals surface area contributed by atoms with E-state index >= 15 is 0 Å². The van der Waals surface area contributed by atoms with Crippen LogP contribution in [0.1, 0.15) is 57.8 Å². The highest BCUT2D eigenvalue weighted by Crippen LogP contribution is 2.38. The molecule has 0 saturated heterocycles. The number of methoxy groups -OCH3 is 1. The van der Waals surface area contributed by atoms with Crippen LogP contribution in [0, 0.1) is 16.7 Å². The maximum Gasteiger partial charge on any atom is 0.240 e. The Morgan fingerprint density at radius 3 is 2.53 bits per heavy atom. The van der Waals surface area contributed by atoms with Crippen LogP contribution in [0.25, 0.3) is 0 Å². The quantitative estimate of drug-likeness (QED) is 0.797. The summed E-state index contributed by atoms with van der Waals surface area (Å²) < 4.78 is 5.52. The summed E-state index contributed by atoms with van der Waals surface area (Å²) in [5.74, 6) is -0.0681. The van der Waals surface area contributed by atoms with Crippen LogP contribution in [0.2, 0.25) is 0 Å². The van der Waals surface area contributed by atoms with Gasteiger partial charge in [-0.25, -0.2) is 0 Å². The van der Waals surface area contributed by atoms with Gasteiger partial charge < -0.3 is 10.1 Å². The lowest BCUT2D eigenvalue weighted by molar-refractivity contribution is -0.129. The first-order valence-electron chi connectivity index (χ1n) is 7.47. The van der Waals surface area contributed by atoms with Crippen molar-refractivity contribution in [2.75, 3.05) is 7.11 Å². The Morgan fingerprint density at radius 1 is 1.21 bits per heavy atom. The lowest BCUT2D eigenvalue weighted by Gasteiger charge is -2.28. The van der Waals surface area contributed by atoms with Crippen LogP contribution < -0.4 is 5.32 Å². The first-order valence-corrected chi connectivity index (χ1v) is 7.47. The van der Waals surface area contributed by atoms with Crippen molar-refractivity contribution in [2.24, 2.45) is 5.41 Å². The molecule has 0 aliphatic heterocycles. The molecule has 1 N–H and O–H groups in total. The molecule has 0 bridgehead atoms. The van der Waals surface area contributed by atoms with Crippen molar-refractivity contribution in [3.63, 3.8) is 0 Å². The van der Waals surface area contributed by atoms with Gasteiger partial charge in [0.05, 0.1) is 18.2 Å². The summed E-state index contributed by atoms with van der Waals surface area (Å²) in [4.78, 5) is 12.5. The largest absolute Gasteiger partial charge is 0.379 e. The Hall–Kier alpha value is -1.08. The number of hydrogen-bond acceptors (Lipinski definition) is 3. The average Bonchev–Trinajstić information content (AvgIpc) is 2.81. The molecule has 19 heavy (non-hydrogen) atoms. The minimum atomic E-state index is -0.773. The van der Waals surface area contributed by atoms with Crippen molar-refractivity contribution >= 4 is 5.91 Å². The fraction of sp³-hybridized carbons (Fsp3) is 0.867. The summed E-state index contributed by atoms with van der Waals surface area (Å²) in [6.07, 6.45) is 8.95. The first-order chi connectivity index (χ1) is 9.22. The molecule has 0 aromatic rings. The molecule has 2 aliphatic rings. The second-order valence-corrected chi connectivity index (χ2v) is 5.89. The van der Waals surface area contributed by atoms with Gasteiger partial charge in [-0.2, -0.15) is 5.26 Å². The second-order valence-electron chi connectivity index (χ2n) is 5.89. The minimum absolute atomic E-state index is 0.0681. The number of amides is 1. The zero-order valence-corrected chi connectivity index (χ0v) is 11.8. The van der Waals surface area contributed by atoms with E-state index in [1.807, 2.05) is 0 Å². The van der Waals surface area contributed by atoms with Gasteiger partial charge in [-0.3, -0.25) is 4.79 Å². The number of carbonyl (C=O) groups excluding carboxylic acids is 1. The first kappa shape index (κ1) is 14.3. The molecule has 0 spiro atoms. The molecule has 2 saturated carbocycles. The summed E-state index contributed by atoms with van der Waals surface area (Å²) in [5, 5.41) is 12.5. The van der Waals surface area contributed by atoms with E-state index in [1.165, 1.54) is 6.42 Å². The van der Waals surface area contributed by atoms with Crippen molar-refractivity contribution in [1.29, 1.82) is 5.26 Å². The van der Waals surface area contributed by atoms with E-state index in [9.17, 15) is 10.1 Å². The van der Waals surface area contributed by atoms with Crippen LogP contribution in [0.3, 0.4) is 0 Å². The van der Waals surface area contributed by atoms with Gasteiger partial charge in [-0.05, 0) is 25.7 Å². The van der Waals surface area contributed by atoms with Gasteiger partial charge >= 0.3 is 0 Å². The van der Waals surface area contributed by atoms with Crippen LogP contribution >= 0.6 is 0 Å². The highest BCUT2D eigenvalue weighted by Gasteiger charge is 2.42. The fourth-order valence-corrected chi connectivity index (χ4v) is 3.40. The summed E-state index contributed by atoms with van der Waals surface area (Å²) in [6.45, 7) is 0. The highest BCUT2D eigenvalue weighted by atomic mass is 16.5. The smallest absolute Gasteiger partial charge is 0.240 e. The molecular weight excluding hydrogens is 240 g/mol. The zero-order valence-electron chi connectivity index (χ0n) is 11.8. The molecule has 0 aromatic heterocycles. The van der Waals surface area contributed by atoms with E-state index in [-0.39, 0.29) is 18.1 Å². The average molecular weight is 264 g/mol. The molecule has 0 unspecified atom stereocenters. The van der Waals surface area contributed by atoms with Gasteiger partial charge in [0.2, 0.25) is 5.91 Å². The SMILES string of the molecule is CO[C@H]1CCCCC[C@@H]1NC(=O)C1(C#N)CCCC1. The predicted octanol–water partition coefficient (Wildman–Crippen LogP) is 2.53. The third-order valence-corrected chi connectivity index (χ3v) is 4.68. The molecule has 2 aliphatic carbocycles. The van der Waals surface area contributed by atoms with Crippen LogP contribution in [0.4, 0.5) is 0 Å². The molecule has 1 amide bonds. The predicted molar refractivity (Wildman–Crippen MR) is 72.3 cm³/mol. The van der Waals surface area contributed by atoms with Crippen molar-refractivity contribution in [3.05, 3.63) is 0 Å². The van der Waals surface area contributed by atoms with Gasteiger partial charge in [0.1, 0.15) is 5.41 Å². The van der Waals surface area contributed by atoms with Crippen LogP contribution in [0.5, 0.6) is 0 Å². The molecule has 2 atom stereocenters. The van der Waals surface area contributed by atoms with E-state index in [4.69, 9.17) is 4.74 Å². The third-order valence-electron chi connectivity index (χ3n) is 4.68. The molecule has 106 valence electrons. The van der Waals surface area contributed by atoms with Crippen LogP contribution in [0.15, 0.2) is 0 Å². The Balaban J connectivity index is 2.02. The maximum atomic E-state index is 12.5. The van der Waals surface area contributed by atoms with Crippen molar-refractivity contribution in [3.8, 4) is 6.07 Å². The molecule has 0 radical (unpaired) electrons. The van der Waals surface area contributed by atoms with Gasteiger partial charge in [-0.1, -0.05) is 32.1 Å². The molecule has 0 heterocycles. The van der Waals surface area contributed by atoms with Crippen molar-refractivity contribution in [2.45, 2.75) is 69.9 Å². The van der Waals surface area contributed by atoms with Crippen molar-refractivity contribution in [1.82, 2.24) is 5.32 Å². The van der Waals surface area contributed by atoms with Crippen molar-refractivity contribution < 1.29 is 9.53 Å². The fourth-order valence-electron chi connectivity index (χ4n) is 3.40. The Morgan fingerprint density at radius 2 is 1.89 bits per heavy atom.